The largest absolute Gasteiger partial charge is 0.508 e. The van der Waals surface area contributed by atoms with Gasteiger partial charge in [-0.2, -0.15) is 0 Å². The number of aromatic hydroxyl groups is 1. The zero-order valence-electron chi connectivity index (χ0n) is 14.7. The van der Waals surface area contributed by atoms with Gasteiger partial charge in [-0.05, 0) is 49.7 Å². The third-order valence-electron chi connectivity index (χ3n) is 4.09. The van der Waals surface area contributed by atoms with Crippen LogP contribution in [0.2, 0.25) is 5.02 Å². The number of ether oxygens (including phenoxy) is 2. The van der Waals surface area contributed by atoms with E-state index in [2.05, 4.69) is 0 Å². The highest BCUT2D eigenvalue weighted by Gasteiger charge is 2.13. The first-order chi connectivity index (χ1) is 12.8. The van der Waals surface area contributed by atoms with Crippen molar-refractivity contribution in [3.8, 4) is 11.5 Å². The fourth-order valence-corrected chi connectivity index (χ4v) is 2.70. The van der Waals surface area contributed by atoms with Crippen LogP contribution in [0.15, 0.2) is 45.6 Å². The van der Waals surface area contributed by atoms with Gasteiger partial charge in [0.15, 0.2) is 6.61 Å². The summed E-state index contributed by atoms with van der Waals surface area (Å²) in [5, 5.41) is 11.0. The van der Waals surface area contributed by atoms with Crippen LogP contribution in [-0.4, -0.2) is 17.7 Å². The Hall–Kier alpha value is -2.99. The van der Waals surface area contributed by atoms with Crippen LogP contribution in [0, 0.1) is 13.8 Å². The van der Waals surface area contributed by atoms with Crippen LogP contribution in [0.5, 0.6) is 11.5 Å². The van der Waals surface area contributed by atoms with Gasteiger partial charge in [-0.1, -0.05) is 11.6 Å². The molecule has 0 saturated carbocycles. The van der Waals surface area contributed by atoms with Gasteiger partial charge in [-0.15, -0.1) is 0 Å². The van der Waals surface area contributed by atoms with Gasteiger partial charge in [0.05, 0.1) is 0 Å². The molecule has 3 rings (SSSR count). The highest BCUT2D eigenvalue weighted by molar-refractivity contribution is 6.31. The molecule has 1 aromatic heterocycles. The Labute approximate surface area is 159 Å². The van der Waals surface area contributed by atoms with E-state index in [9.17, 15) is 14.7 Å². The Balaban J connectivity index is 1.69. The quantitative estimate of drug-likeness (QED) is 0.527. The van der Waals surface area contributed by atoms with Gasteiger partial charge < -0.3 is 19.0 Å². The summed E-state index contributed by atoms with van der Waals surface area (Å²) in [6.45, 7) is 3.08. The Kier molecular flexibility index (Phi) is 5.37. The minimum atomic E-state index is -0.588. The maximum absolute atomic E-state index is 12.0. The van der Waals surface area contributed by atoms with E-state index in [0.717, 1.165) is 5.56 Å². The van der Waals surface area contributed by atoms with Crippen LogP contribution in [0.1, 0.15) is 16.7 Å². The van der Waals surface area contributed by atoms with Crippen molar-refractivity contribution >= 4 is 28.5 Å². The van der Waals surface area contributed by atoms with Crippen LogP contribution in [0.4, 0.5) is 0 Å². The third-order valence-corrected chi connectivity index (χ3v) is 4.52. The SMILES string of the molecule is Cc1cc(OCC(=O)OCc2cc(=O)oc3c(C)c(O)ccc23)ccc1Cl. The van der Waals surface area contributed by atoms with Gasteiger partial charge in [-0.25, -0.2) is 9.59 Å². The molecule has 0 atom stereocenters. The molecule has 2 aromatic carbocycles. The van der Waals surface area contributed by atoms with Crippen LogP contribution in [-0.2, 0) is 16.1 Å². The Morgan fingerprint density at radius 3 is 2.70 bits per heavy atom. The topological polar surface area (TPSA) is 86.0 Å². The molecule has 0 aliphatic heterocycles. The number of phenols is 1. The van der Waals surface area contributed by atoms with Crippen molar-refractivity contribution in [3.05, 3.63) is 68.5 Å². The average Bonchev–Trinajstić information content (AvgIpc) is 2.64. The summed E-state index contributed by atoms with van der Waals surface area (Å²) in [6, 6.07) is 9.43. The van der Waals surface area contributed by atoms with Crippen molar-refractivity contribution in [3.63, 3.8) is 0 Å². The average molecular weight is 389 g/mol. The summed E-state index contributed by atoms with van der Waals surface area (Å²) in [5.41, 5.74) is 1.44. The molecule has 0 radical (unpaired) electrons. The predicted molar refractivity (Wildman–Crippen MR) is 100 cm³/mol. The molecule has 1 heterocycles. The number of carbonyl (C=O) groups is 1. The molecular weight excluding hydrogens is 372 g/mol. The van der Waals surface area contributed by atoms with Gasteiger partial charge >= 0.3 is 11.6 Å². The fourth-order valence-electron chi connectivity index (χ4n) is 2.58. The lowest BCUT2D eigenvalue weighted by atomic mass is 10.1. The molecule has 0 unspecified atom stereocenters. The number of rotatable bonds is 5. The van der Waals surface area contributed by atoms with Gasteiger partial charge in [0.1, 0.15) is 23.7 Å². The van der Waals surface area contributed by atoms with E-state index in [4.69, 9.17) is 25.5 Å². The van der Waals surface area contributed by atoms with Crippen molar-refractivity contribution in [2.75, 3.05) is 6.61 Å². The summed E-state index contributed by atoms with van der Waals surface area (Å²) in [4.78, 5) is 23.7. The number of aryl methyl sites for hydroxylation is 2. The van der Waals surface area contributed by atoms with E-state index >= 15 is 0 Å². The highest BCUT2D eigenvalue weighted by Crippen LogP contribution is 2.27. The van der Waals surface area contributed by atoms with E-state index in [1.165, 1.54) is 12.1 Å². The highest BCUT2D eigenvalue weighted by atomic mass is 35.5. The van der Waals surface area contributed by atoms with Crippen LogP contribution in [0.25, 0.3) is 11.0 Å². The van der Waals surface area contributed by atoms with Gasteiger partial charge in [0.2, 0.25) is 0 Å². The third kappa shape index (κ3) is 4.23. The molecule has 6 nitrogen and oxygen atoms in total. The standard InChI is InChI=1S/C20H17ClO6/c1-11-7-14(3-5-16(11)21)25-10-19(24)26-9-13-8-18(23)27-20-12(2)17(22)6-4-15(13)20/h3-8,22H,9-10H2,1-2H3. The number of fused-ring (bicyclic) bond motifs is 1. The number of phenolic OH excluding ortho intramolecular Hbond substituents is 1. The lowest BCUT2D eigenvalue weighted by Gasteiger charge is -2.10. The molecule has 0 aliphatic rings. The second-order valence-electron chi connectivity index (χ2n) is 6.04. The van der Waals surface area contributed by atoms with Crippen molar-refractivity contribution in [2.24, 2.45) is 0 Å². The predicted octanol–water partition coefficient (Wildman–Crippen LogP) is 3.89. The summed E-state index contributed by atoms with van der Waals surface area (Å²) in [7, 11) is 0. The van der Waals surface area contributed by atoms with Crippen LogP contribution in [0.3, 0.4) is 0 Å². The lowest BCUT2D eigenvalue weighted by molar-refractivity contribution is -0.147. The second kappa shape index (κ2) is 7.72. The second-order valence-corrected chi connectivity index (χ2v) is 6.44. The zero-order valence-corrected chi connectivity index (χ0v) is 15.5. The van der Waals surface area contributed by atoms with Crippen LogP contribution >= 0.6 is 11.6 Å². The molecule has 0 aliphatic carbocycles. The molecule has 0 saturated heterocycles. The smallest absolute Gasteiger partial charge is 0.344 e. The number of carbonyl (C=O) groups excluding carboxylic acids is 1. The molecule has 1 N–H and O–H groups in total. The maximum atomic E-state index is 12.0. The molecule has 7 heteroatoms. The molecule has 0 bridgehead atoms. The molecule has 0 fully saturated rings. The minimum absolute atomic E-state index is 0.0199. The monoisotopic (exact) mass is 388 g/mol. The van der Waals surface area contributed by atoms with E-state index < -0.39 is 11.6 Å². The number of hydrogen-bond donors (Lipinski definition) is 1. The molecule has 0 amide bonds. The summed E-state index contributed by atoms with van der Waals surface area (Å²) in [5.74, 6) is -0.0586. The van der Waals surface area contributed by atoms with Crippen molar-refractivity contribution < 1.29 is 23.8 Å². The summed E-state index contributed by atoms with van der Waals surface area (Å²) >= 11 is 5.95. The first-order valence-corrected chi connectivity index (χ1v) is 8.53. The number of esters is 1. The number of hydrogen-bond acceptors (Lipinski definition) is 6. The zero-order chi connectivity index (χ0) is 19.6. The summed E-state index contributed by atoms with van der Waals surface area (Å²) < 4.78 is 15.8. The molecule has 3 aromatic rings. The summed E-state index contributed by atoms with van der Waals surface area (Å²) in [6.07, 6.45) is 0. The van der Waals surface area contributed by atoms with E-state index in [1.54, 1.807) is 31.2 Å². The van der Waals surface area contributed by atoms with E-state index in [-0.39, 0.29) is 24.5 Å². The maximum Gasteiger partial charge on any atom is 0.344 e. The van der Waals surface area contributed by atoms with Crippen molar-refractivity contribution in [1.82, 2.24) is 0 Å². The minimum Gasteiger partial charge on any atom is -0.508 e. The molecule has 27 heavy (non-hydrogen) atoms. The first kappa shape index (κ1) is 18.8. The Morgan fingerprint density at radius 1 is 1.19 bits per heavy atom. The van der Waals surface area contributed by atoms with Crippen LogP contribution < -0.4 is 10.4 Å². The van der Waals surface area contributed by atoms with Crippen molar-refractivity contribution in [2.45, 2.75) is 20.5 Å². The fraction of sp³-hybridized carbons (Fsp3) is 0.200. The Bertz CT molecular complexity index is 1070. The lowest BCUT2D eigenvalue weighted by Crippen LogP contribution is -2.15. The van der Waals surface area contributed by atoms with Gasteiger partial charge in [0.25, 0.3) is 0 Å². The molecule has 140 valence electrons. The van der Waals surface area contributed by atoms with Crippen molar-refractivity contribution in [1.29, 1.82) is 0 Å². The van der Waals surface area contributed by atoms with Gasteiger partial charge in [-0.3, -0.25) is 0 Å². The van der Waals surface area contributed by atoms with E-state index in [1.807, 2.05) is 6.92 Å². The van der Waals surface area contributed by atoms with E-state index in [0.29, 0.717) is 27.3 Å². The molecular formula is C20H17ClO6. The number of benzene rings is 2. The Morgan fingerprint density at radius 2 is 1.96 bits per heavy atom. The molecule has 0 spiro atoms. The number of halogens is 1. The first-order valence-electron chi connectivity index (χ1n) is 8.15. The van der Waals surface area contributed by atoms with Gasteiger partial charge in [0, 0.05) is 27.6 Å². The normalized spacial score (nSPS) is 10.8.